The van der Waals surface area contributed by atoms with Gasteiger partial charge in [0.15, 0.2) is 11.5 Å². The number of rotatable bonds is 11. The van der Waals surface area contributed by atoms with Gasteiger partial charge in [0.1, 0.15) is 5.52 Å². The molecule has 0 radical (unpaired) electrons. The van der Waals surface area contributed by atoms with Crippen molar-refractivity contribution in [3.63, 3.8) is 0 Å². The van der Waals surface area contributed by atoms with Crippen molar-refractivity contribution in [1.82, 2.24) is 30.2 Å². The van der Waals surface area contributed by atoms with Gasteiger partial charge in [0.2, 0.25) is 0 Å². The number of imidazole rings is 1. The third kappa shape index (κ3) is 7.93. The van der Waals surface area contributed by atoms with Crippen LogP contribution in [0.3, 0.4) is 0 Å². The van der Waals surface area contributed by atoms with E-state index in [0.29, 0.717) is 23.8 Å². The van der Waals surface area contributed by atoms with Crippen molar-refractivity contribution in [3.05, 3.63) is 10.5 Å². The van der Waals surface area contributed by atoms with Gasteiger partial charge in [-0.2, -0.15) is 9.97 Å². The maximum atomic E-state index is 13.4. The lowest BCUT2D eigenvalue weighted by Crippen LogP contribution is -2.42. The quantitative estimate of drug-likeness (QED) is 0.316. The number of anilines is 1. The molecule has 4 heterocycles. The first kappa shape index (κ1) is 27.9. The van der Waals surface area contributed by atoms with Crippen LogP contribution in [0.1, 0.15) is 116 Å². The molecule has 9 nitrogen and oxygen atoms in total. The zero-order valence-corrected chi connectivity index (χ0v) is 22.9. The molecule has 0 bridgehead atoms. The monoisotopic (exact) mass is 515 g/mol. The Bertz CT molecular complexity index is 988. The maximum absolute atomic E-state index is 13.4. The molecule has 5 N–H and O–H groups in total. The fourth-order valence-corrected chi connectivity index (χ4v) is 6.02. The van der Waals surface area contributed by atoms with E-state index in [1.807, 2.05) is 4.57 Å². The Labute approximate surface area is 221 Å². The number of aromatic nitrogens is 4. The smallest absolute Gasteiger partial charge is 0.328 e. The van der Waals surface area contributed by atoms with Gasteiger partial charge in [-0.3, -0.25) is 4.57 Å². The maximum Gasteiger partial charge on any atom is 0.328 e. The van der Waals surface area contributed by atoms with Crippen LogP contribution in [0.4, 0.5) is 5.82 Å². The Morgan fingerprint density at radius 3 is 2.54 bits per heavy atom. The molecule has 2 aliphatic rings. The Kier molecular flexibility index (Phi) is 11.1. The van der Waals surface area contributed by atoms with Crippen molar-refractivity contribution in [2.75, 3.05) is 25.4 Å². The van der Waals surface area contributed by atoms with Crippen LogP contribution in [0.5, 0.6) is 6.01 Å². The fourth-order valence-electron chi connectivity index (χ4n) is 6.02. The Hall–Kier alpha value is -2.13. The number of aromatic amines is 1. The molecule has 0 amide bonds. The summed E-state index contributed by atoms with van der Waals surface area (Å²) < 4.78 is 7.65. The molecule has 9 heteroatoms. The van der Waals surface area contributed by atoms with E-state index >= 15 is 0 Å². The standard InChI is InChI=1S/C28H49N7O2/c1-2-3-20-37-27-33-25(29)24-26(34-27)35(28(36)32-24)23(22-16-9-5-7-13-19-31-22)17-11-10-15-21-14-8-4-6-12-18-30-21/h21-23,30-31H,2-20H2,1H3,(H,32,36)(H2,29,33,34). The van der Waals surface area contributed by atoms with E-state index in [1.54, 1.807) is 0 Å². The summed E-state index contributed by atoms with van der Waals surface area (Å²) in [5, 5.41) is 7.55. The topological polar surface area (TPSA) is 123 Å². The first-order valence-electron chi connectivity index (χ1n) is 15.0. The molecule has 2 aliphatic heterocycles. The number of unbranched alkanes of at least 4 members (excludes halogenated alkanes) is 2. The van der Waals surface area contributed by atoms with E-state index < -0.39 is 0 Å². The molecule has 208 valence electrons. The molecule has 4 rings (SSSR count). The van der Waals surface area contributed by atoms with Crippen molar-refractivity contribution >= 4 is 17.0 Å². The van der Waals surface area contributed by atoms with Gasteiger partial charge >= 0.3 is 11.7 Å². The first-order chi connectivity index (χ1) is 18.2. The van der Waals surface area contributed by atoms with Crippen molar-refractivity contribution in [2.24, 2.45) is 0 Å². The zero-order chi connectivity index (χ0) is 25.9. The van der Waals surface area contributed by atoms with Gasteiger partial charge in [-0.25, -0.2) is 4.79 Å². The van der Waals surface area contributed by atoms with Crippen molar-refractivity contribution in [3.8, 4) is 6.01 Å². The summed E-state index contributed by atoms with van der Waals surface area (Å²) in [6.45, 7) is 4.80. The molecule has 2 aromatic heterocycles. The van der Waals surface area contributed by atoms with E-state index in [2.05, 4.69) is 32.5 Å². The number of nitrogens with one attached hydrogen (secondary N) is 3. The van der Waals surface area contributed by atoms with Gasteiger partial charge < -0.3 is 26.1 Å². The number of nitrogens with two attached hydrogens (primary N) is 1. The summed E-state index contributed by atoms with van der Waals surface area (Å²) in [5.41, 5.74) is 7.19. The normalized spacial score (nSPS) is 22.6. The average Bonchev–Trinajstić information content (AvgIpc) is 3.17. The Balaban J connectivity index is 1.54. The highest BCUT2D eigenvalue weighted by Crippen LogP contribution is 2.29. The average molecular weight is 516 g/mol. The number of ether oxygens (including phenoxy) is 1. The van der Waals surface area contributed by atoms with Crippen LogP contribution in [0.25, 0.3) is 11.2 Å². The predicted molar refractivity (Wildman–Crippen MR) is 150 cm³/mol. The minimum atomic E-state index is -0.155. The second-order valence-corrected chi connectivity index (χ2v) is 11.1. The van der Waals surface area contributed by atoms with Crippen LogP contribution in [0.15, 0.2) is 4.79 Å². The van der Waals surface area contributed by atoms with E-state index in [0.717, 1.165) is 45.2 Å². The zero-order valence-electron chi connectivity index (χ0n) is 22.9. The van der Waals surface area contributed by atoms with Crippen molar-refractivity contribution in [1.29, 1.82) is 0 Å². The summed E-state index contributed by atoms with van der Waals surface area (Å²) in [6, 6.07) is 1.13. The molecule has 2 fully saturated rings. The number of hydrogen-bond acceptors (Lipinski definition) is 7. The molecule has 0 spiro atoms. The van der Waals surface area contributed by atoms with E-state index in [1.165, 1.54) is 70.6 Å². The van der Waals surface area contributed by atoms with E-state index in [4.69, 9.17) is 10.5 Å². The van der Waals surface area contributed by atoms with Crippen molar-refractivity contribution < 1.29 is 4.74 Å². The van der Waals surface area contributed by atoms with Crippen LogP contribution in [0, 0.1) is 0 Å². The highest BCUT2D eigenvalue weighted by atomic mass is 16.5. The summed E-state index contributed by atoms with van der Waals surface area (Å²) in [7, 11) is 0. The third-order valence-corrected chi connectivity index (χ3v) is 8.16. The summed E-state index contributed by atoms with van der Waals surface area (Å²) in [6.07, 6.45) is 18.9. The second kappa shape index (κ2) is 14.7. The number of nitrogens with zero attached hydrogens (tertiary/aromatic N) is 3. The predicted octanol–water partition coefficient (Wildman–Crippen LogP) is 4.83. The summed E-state index contributed by atoms with van der Waals surface area (Å²) >= 11 is 0. The minimum Gasteiger partial charge on any atom is -0.463 e. The molecule has 3 unspecified atom stereocenters. The third-order valence-electron chi connectivity index (χ3n) is 8.16. The lowest BCUT2D eigenvalue weighted by atomic mass is 9.93. The lowest BCUT2D eigenvalue weighted by Gasteiger charge is -2.31. The molecule has 0 saturated carbocycles. The highest BCUT2D eigenvalue weighted by Gasteiger charge is 2.28. The number of H-pyrrole nitrogens is 1. The Morgan fingerprint density at radius 2 is 1.73 bits per heavy atom. The second-order valence-electron chi connectivity index (χ2n) is 11.1. The summed E-state index contributed by atoms with van der Waals surface area (Å²) in [4.78, 5) is 25.3. The molecule has 0 aliphatic carbocycles. The molecule has 37 heavy (non-hydrogen) atoms. The lowest BCUT2D eigenvalue weighted by molar-refractivity contribution is 0.278. The van der Waals surface area contributed by atoms with E-state index in [-0.39, 0.29) is 29.6 Å². The molecular weight excluding hydrogens is 466 g/mol. The van der Waals surface area contributed by atoms with Gasteiger partial charge in [0, 0.05) is 12.1 Å². The van der Waals surface area contributed by atoms with Gasteiger partial charge in [0.25, 0.3) is 0 Å². The van der Waals surface area contributed by atoms with Gasteiger partial charge in [-0.05, 0) is 58.0 Å². The van der Waals surface area contributed by atoms with Gasteiger partial charge in [-0.15, -0.1) is 0 Å². The van der Waals surface area contributed by atoms with Crippen LogP contribution in [-0.2, 0) is 0 Å². The molecule has 2 saturated heterocycles. The number of hydrogen-bond donors (Lipinski definition) is 4. The van der Waals surface area contributed by atoms with Crippen LogP contribution in [-0.4, -0.2) is 51.3 Å². The molecule has 2 aromatic rings. The SMILES string of the molecule is CCCCOc1nc(N)c2[nH]c(=O)n(C(CCCCC3CCCCCCN3)C3CCCCCCN3)c2n1. The fraction of sp³-hybridized carbons (Fsp3) is 0.821. The van der Waals surface area contributed by atoms with Gasteiger partial charge in [0.05, 0.1) is 12.6 Å². The summed E-state index contributed by atoms with van der Waals surface area (Å²) in [5.74, 6) is 0.270. The molecule has 0 aromatic carbocycles. The number of nitrogen functional groups attached to an aromatic ring is 1. The van der Waals surface area contributed by atoms with Crippen LogP contribution >= 0.6 is 0 Å². The molecule has 3 atom stereocenters. The largest absolute Gasteiger partial charge is 0.463 e. The molecular formula is C28H49N7O2. The first-order valence-corrected chi connectivity index (χ1v) is 15.0. The van der Waals surface area contributed by atoms with E-state index in [9.17, 15) is 4.79 Å². The Morgan fingerprint density at radius 1 is 0.973 bits per heavy atom. The number of fused-ring (bicyclic) bond motifs is 1. The van der Waals surface area contributed by atoms with Crippen molar-refractivity contribution in [2.45, 2.75) is 128 Å². The van der Waals surface area contributed by atoms with Crippen LogP contribution in [0.2, 0.25) is 0 Å². The van der Waals surface area contributed by atoms with Crippen LogP contribution < -0.4 is 26.8 Å². The van der Waals surface area contributed by atoms with Gasteiger partial charge in [-0.1, -0.05) is 64.7 Å². The highest BCUT2D eigenvalue weighted by molar-refractivity contribution is 5.82. The minimum absolute atomic E-state index is 0.0161.